The molecule has 0 saturated carbocycles. The molecule has 1 aliphatic heterocycles. The van der Waals surface area contributed by atoms with Crippen molar-refractivity contribution in [3.63, 3.8) is 0 Å². The molecule has 0 bridgehead atoms. The lowest BCUT2D eigenvalue weighted by Crippen LogP contribution is -2.51. The molecule has 0 unspecified atom stereocenters. The van der Waals surface area contributed by atoms with Gasteiger partial charge >= 0.3 is 7.60 Å². The van der Waals surface area contributed by atoms with Gasteiger partial charge in [-0.2, -0.15) is 5.06 Å². The Kier molecular flexibility index (Phi) is 7.73. The normalized spacial score (nSPS) is 23.0. The number of nitrogens with zero attached hydrogens (tertiary/aromatic N) is 1. The summed E-state index contributed by atoms with van der Waals surface area (Å²) in [7, 11) is -7.04. The maximum absolute atomic E-state index is 13.7. The van der Waals surface area contributed by atoms with Gasteiger partial charge in [0.05, 0.1) is 35.5 Å². The van der Waals surface area contributed by atoms with Crippen LogP contribution in [0.25, 0.3) is 0 Å². The van der Waals surface area contributed by atoms with Gasteiger partial charge in [0, 0.05) is 5.56 Å². The third-order valence-electron chi connectivity index (χ3n) is 6.38. The van der Waals surface area contributed by atoms with Crippen LogP contribution in [0.1, 0.15) is 62.3 Å². The number of hydroxylamine groups is 2. The largest absolute Gasteiger partial charge is 0.496 e. The van der Waals surface area contributed by atoms with E-state index in [2.05, 4.69) is 0 Å². The first-order chi connectivity index (χ1) is 15.5. The second-order valence-corrected chi connectivity index (χ2v) is 12.2. The summed E-state index contributed by atoms with van der Waals surface area (Å²) in [5.74, 6) is -0.135. The van der Waals surface area contributed by atoms with Gasteiger partial charge in [-0.05, 0) is 36.1 Å². The molecule has 0 spiro atoms. The van der Waals surface area contributed by atoms with Crippen molar-refractivity contribution in [1.29, 1.82) is 0 Å². The van der Waals surface area contributed by atoms with Crippen LogP contribution in [0.2, 0.25) is 0 Å². The molecule has 2 aromatic rings. The molecule has 1 heterocycles. The second kappa shape index (κ2) is 9.86. The fraction of sp³-hybridized carbons (Fsp3) is 0.478. The fourth-order valence-corrected chi connectivity index (χ4v) is 7.52. The molecular weight excluding hydrogens is 465 g/mol. The van der Waals surface area contributed by atoms with Crippen LogP contribution in [0.15, 0.2) is 47.4 Å². The van der Waals surface area contributed by atoms with Gasteiger partial charge in [-0.15, -0.1) is 0 Å². The highest BCUT2D eigenvalue weighted by Gasteiger charge is 2.48. The van der Waals surface area contributed by atoms with Crippen LogP contribution in [-0.2, 0) is 20.6 Å². The molecule has 2 aromatic carbocycles. The van der Waals surface area contributed by atoms with Crippen molar-refractivity contribution in [2.24, 2.45) is 0 Å². The summed E-state index contributed by atoms with van der Waals surface area (Å²) in [5.41, 5.74) is 0.117. The minimum Gasteiger partial charge on any atom is -0.496 e. The maximum Gasteiger partial charge on any atom is 0.330 e. The minimum atomic E-state index is -4.48. The van der Waals surface area contributed by atoms with E-state index in [4.69, 9.17) is 4.74 Å². The second-order valence-electron chi connectivity index (χ2n) is 8.62. The number of sulfone groups is 1. The SMILES string of the molecule is CCCC[C@]1(CC)CS(=O)(=O)c2cc(CP(=O)(O)O)c(OC)cc2[C@@H](c2ccccc2)N1O. The molecule has 1 aliphatic rings. The molecule has 2 atom stereocenters. The van der Waals surface area contributed by atoms with Crippen LogP contribution in [0.3, 0.4) is 0 Å². The van der Waals surface area contributed by atoms with Crippen molar-refractivity contribution in [3.05, 3.63) is 59.2 Å². The van der Waals surface area contributed by atoms with Gasteiger partial charge in [0.15, 0.2) is 9.84 Å². The third kappa shape index (κ3) is 5.34. The number of unbranched alkanes of at least 4 members (excludes halogenated alkanes) is 1. The van der Waals surface area contributed by atoms with E-state index in [-0.39, 0.29) is 22.0 Å². The highest BCUT2D eigenvalue weighted by molar-refractivity contribution is 7.91. The molecule has 3 N–H and O–H groups in total. The Hall–Kier alpha value is -1.74. The Morgan fingerprint density at radius 1 is 1.18 bits per heavy atom. The molecule has 182 valence electrons. The van der Waals surface area contributed by atoms with Crippen LogP contribution in [0.4, 0.5) is 0 Å². The summed E-state index contributed by atoms with van der Waals surface area (Å²) in [4.78, 5) is 19.0. The number of fused-ring (bicyclic) bond motifs is 1. The maximum atomic E-state index is 13.7. The number of rotatable bonds is 8. The van der Waals surface area contributed by atoms with Gasteiger partial charge in [0.1, 0.15) is 5.75 Å². The molecule has 0 aromatic heterocycles. The molecule has 33 heavy (non-hydrogen) atoms. The molecule has 0 fully saturated rings. The van der Waals surface area contributed by atoms with E-state index in [1.807, 2.05) is 44.2 Å². The summed E-state index contributed by atoms with van der Waals surface area (Å²) >= 11 is 0. The van der Waals surface area contributed by atoms with Crippen molar-refractivity contribution in [2.75, 3.05) is 12.9 Å². The summed E-state index contributed by atoms with van der Waals surface area (Å²) in [5, 5.41) is 12.8. The smallest absolute Gasteiger partial charge is 0.330 e. The van der Waals surface area contributed by atoms with Gasteiger partial charge in [0.2, 0.25) is 0 Å². The summed E-state index contributed by atoms with van der Waals surface area (Å²) in [6, 6.07) is 11.1. The lowest BCUT2D eigenvalue weighted by atomic mass is 9.87. The molecular formula is C23H32NO7PS. The fourth-order valence-electron chi connectivity index (χ4n) is 4.63. The summed E-state index contributed by atoms with van der Waals surface area (Å²) < 4.78 is 44.5. The number of ether oxygens (including phenoxy) is 1. The first kappa shape index (κ1) is 25.9. The van der Waals surface area contributed by atoms with Crippen LogP contribution in [0, 0.1) is 0 Å². The molecule has 0 aliphatic carbocycles. The Labute approximate surface area is 195 Å². The van der Waals surface area contributed by atoms with Gasteiger partial charge in [-0.25, -0.2) is 8.42 Å². The molecule has 0 radical (unpaired) electrons. The van der Waals surface area contributed by atoms with Gasteiger partial charge in [0.25, 0.3) is 0 Å². The van der Waals surface area contributed by atoms with Crippen molar-refractivity contribution >= 4 is 17.4 Å². The highest BCUT2D eigenvalue weighted by atomic mass is 32.2. The van der Waals surface area contributed by atoms with Gasteiger partial charge in [-0.1, -0.05) is 57.0 Å². The van der Waals surface area contributed by atoms with E-state index in [0.717, 1.165) is 12.8 Å². The summed E-state index contributed by atoms with van der Waals surface area (Å²) in [6.45, 7) is 3.88. The molecule has 10 heteroatoms. The van der Waals surface area contributed by atoms with E-state index in [9.17, 15) is 28.0 Å². The third-order valence-corrected chi connectivity index (χ3v) is 9.07. The number of hydrogen-bond donors (Lipinski definition) is 3. The highest BCUT2D eigenvalue weighted by Crippen LogP contribution is 2.48. The average molecular weight is 498 g/mol. The van der Waals surface area contributed by atoms with E-state index < -0.39 is 35.2 Å². The zero-order valence-corrected chi connectivity index (χ0v) is 20.8. The van der Waals surface area contributed by atoms with Crippen molar-refractivity contribution in [2.45, 2.75) is 62.2 Å². The Morgan fingerprint density at radius 3 is 2.39 bits per heavy atom. The molecule has 0 amide bonds. The number of benzene rings is 2. The zero-order chi connectivity index (χ0) is 24.4. The number of hydrogen-bond acceptors (Lipinski definition) is 6. The Balaban J connectivity index is 2.35. The van der Waals surface area contributed by atoms with Crippen molar-refractivity contribution < 1.29 is 32.7 Å². The van der Waals surface area contributed by atoms with E-state index in [1.54, 1.807) is 0 Å². The van der Waals surface area contributed by atoms with Gasteiger partial charge < -0.3 is 19.7 Å². The van der Waals surface area contributed by atoms with Gasteiger partial charge in [-0.3, -0.25) is 4.57 Å². The molecule has 3 rings (SSSR count). The standard InChI is InChI=1S/C23H32NO7PS/c1-4-6-12-23(5-2)16-33(29,30)21-13-18(15-32(26,27)28)20(31-3)14-19(21)22(24(23)25)17-10-8-7-9-11-17/h7-11,13-14,22,25H,4-6,12,15-16H2,1-3H3,(H2,26,27,28)/t22-,23-/m1/s1. The first-order valence-electron chi connectivity index (χ1n) is 11.0. The van der Waals surface area contributed by atoms with Crippen molar-refractivity contribution in [1.82, 2.24) is 5.06 Å². The van der Waals surface area contributed by atoms with Crippen LogP contribution >= 0.6 is 7.60 Å². The Morgan fingerprint density at radius 2 is 1.85 bits per heavy atom. The first-order valence-corrected chi connectivity index (χ1v) is 14.4. The predicted molar refractivity (Wildman–Crippen MR) is 125 cm³/mol. The Bertz CT molecular complexity index is 1130. The monoisotopic (exact) mass is 497 g/mol. The average Bonchev–Trinajstić information content (AvgIpc) is 2.83. The van der Waals surface area contributed by atoms with Crippen LogP contribution in [0.5, 0.6) is 5.75 Å². The van der Waals surface area contributed by atoms with E-state index in [0.29, 0.717) is 24.0 Å². The quantitative estimate of drug-likeness (QED) is 0.462. The lowest BCUT2D eigenvalue weighted by molar-refractivity contribution is -0.193. The van der Waals surface area contributed by atoms with Crippen molar-refractivity contribution in [3.8, 4) is 5.75 Å². The van der Waals surface area contributed by atoms with Crippen LogP contribution in [-0.4, -0.2) is 46.9 Å². The number of methoxy groups -OCH3 is 1. The van der Waals surface area contributed by atoms with E-state index in [1.165, 1.54) is 24.3 Å². The molecule has 8 nitrogen and oxygen atoms in total. The molecule has 0 saturated heterocycles. The van der Waals surface area contributed by atoms with E-state index >= 15 is 0 Å². The van der Waals surface area contributed by atoms with Crippen LogP contribution < -0.4 is 4.74 Å². The summed E-state index contributed by atoms with van der Waals surface area (Å²) in [6.07, 6.45) is 1.84. The topological polar surface area (TPSA) is 124 Å². The predicted octanol–water partition coefficient (Wildman–Crippen LogP) is 4.28. The lowest BCUT2D eigenvalue weighted by Gasteiger charge is -2.42. The zero-order valence-electron chi connectivity index (χ0n) is 19.1. The minimum absolute atomic E-state index is 0.0357.